The molecule has 2 aliphatic heterocycles. The monoisotopic (exact) mass is 251 g/mol. The summed E-state index contributed by atoms with van der Waals surface area (Å²) < 4.78 is 0. The van der Waals surface area contributed by atoms with Gasteiger partial charge in [-0.1, -0.05) is 6.42 Å². The number of nitrogens with one attached hydrogen (secondary N) is 1. The normalized spacial score (nSPS) is 20.6. The van der Waals surface area contributed by atoms with E-state index in [4.69, 9.17) is 0 Å². The molecule has 0 aromatic rings. The second-order valence-electron chi connectivity index (χ2n) is 4.49. The van der Waals surface area contributed by atoms with E-state index in [0.717, 1.165) is 30.8 Å². The highest BCUT2D eigenvalue weighted by molar-refractivity contribution is 6.13. The highest BCUT2D eigenvalue weighted by atomic mass is 16.2. The molecule has 1 fully saturated rings. The van der Waals surface area contributed by atoms with Crippen LogP contribution in [-0.4, -0.2) is 47.3 Å². The van der Waals surface area contributed by atoms with Crippen LogP contribution >= 0.6 is 0 Å². The van der Waals surface area contributed by atoms with E-state index in [9.17, 15) is 14.4 Å². The highest BCUT2D eigenvalue weighted by Gasteiger charge is 2.23. The van der Waals surface area contributed by atoms with E-state index in [0.29, 0.717) is 0 Å². The standard InChI is InChI=1S/C12H17N3O3/c16-10(13-14-7-2-1-3-8-14)6-9-15-11(17)4-5-12(15)18/h4-5H,1-3,6-9H2,(H,13,16). The Balaban J connectivity index is 1.71. The molecule has 2 heterocycles. The molecule has 6 heteroatoms. The first kappa shape index (κ1) is 12.8. The molecule has 18 heavy (non-hydrogen) atoms. The third kappa shape index (κ3) is 3.16. The van der Waals surface area contributed by atoms with Gasteiger partial charge in [0.2, 0.25) is 5.91 Å². The fourth-order valence-corrected chi connectivity index (χ4v) is 2.10. The molecule has 0 radical (unpaired) electrons. The molecule has 98 valence electrons. The number of carbonyl (C=O) groups excluding carboxylic acids is 3. The predicted molar refractivity (Wildman–Crippen MR) is 64.0 cm³/mol. The minimum atomic E-state index is -0.342. The predicted octanol–water partition coefficient (Wildman–Crippen LogP) is -0.181. The van der Waals surface area contributed by atoms with Crippen LogP contribution in [0.15, 0.2) is 12.2 Å². The van der Waals surface area contributed by atoms with Crippen molar-refractivity contribution in [1.82, 2.24) is 15.3 Å². The van der Waals surface area contributed by atoms with Gasteiger partial charge in [0.15, 0.2) is 0 Å². The topological polar surface area (TPSA) is 69.7 Å². The molecule has 3 amide bonds. The Bertz CT molecular complexity index is 368. The molecule has 0 saturated carbocycles. The molecule has 0 aromatic carbocycles. The molecule has 0 bridgehead atoms. The number of amides is 3. The lowest BCUT2D eigenvalue weighted by Crippen LogP contribution is -2.46. The number of hydrazine groups is 1. The van der Waals surface area contributed by atoms with Crippen molar-refractivity contribution in [2.45, 2.75) is 25.7 Å². The summed E-state index contributed by atoms with van der Waals surface area (Å²) >= 11 is 0. The van der Waals surface area contributed by atoms with Crippen LogP contribution in [0.25, 0.3) is 0 Å². The van der Waals surface area contributed by atoms with Gasteiger partial charge >= 0.3 is 0 Å². The fraction of sp³-hybridized carbons (Fsp3) is 0.583. The maximum Gasteiger partial charge on any atom is 0.253 e. The number of piperidine rings is 1. The van der Waals surface area contributed by atoms with Gasteiger partial charge in [-0.25, -0.2) is 5.01 Å². The van der Waals surface area contributed by atoms with Gasteiger partial charge in [0.25, 0.3) is 11.8 Å². The van der Waals surface area contributed by atoms with Gasteiger partial charge in [-0.05, 0) is 12.8 Å². The minimum absolute atomic E-state index is 0.143. The van der Waals surface area contributed by atoms with E-state index in [1.165, 1.54) is 18.6 Å². The van der Waals surface area contributed by atoms with Crippen LogP contribution in [0.4, 0.5) is 0 Å². The van der Waals surface area contributed by atoms with E-state index in [2.05, 4.69) is 5.43 Å². The molecule has 0 aliphatic carbocycles. The Morgan fingerprint density at radius 1 is 1.11 bits per heavy atom. The number of nitrogens with zero attached hydrogens (tertiary/aromatic N) is 2. The number of rotatable bonds is 4. The molecule has 1 saturated heterocycles. The van der Waals surface area contributed by atoms with Gasteiger partial charge in [-0.2, -0.15) is 0 Å². The number of carbonyl (C=O) groups is 3. The van der Waals surface area contributed by atoms with Crippen molar-refractivity contribution < 1.29 is 14.4 Å². The molecule has 0 spiro atoms. The summed E-state index contributed by atoms with van der Waals surface area (Å²) in [5.41, 5.74) is 2.80. The fourth-order valence-electron chi connectivity index (χ4n) is 2.10. The summed E-state index contributed by atoms with van der Waals surface area (Å²) in [6, 6.07) is 0. The Hall–Kier alpha value is -1.69. The van der Waals surface area contributed by atoms with Crippen molar-refractivity contribution in [2.75, 3.05) is 19.6 Å². The first-order valence-corrected chi connectivity index (χ1v) is 6.25. The van der Waals surface area contributed by atoms with Gasteiger partial charge in [-0.3, -0.25) is 24.7 Å². The maximum atomic E-state index is 11.7. The summed E-state index contributed by atoms with van der Waals surface area (Å²) in [5, 5.41) is 1.90. The van der Waals surface area contributed by atoms with Crippen LogP contribution < -0.4 is 5.43 Å². The molecule has 6 nitrogen and oxygen atoms in total. The molecular weight excluding hydrogens is 234 g/mol. The summed E-state index contributed by atoms with van der Waals surface area (Å²) in [7, 11) is 0. The van der Waals surface area contributed by atoms with Gasteiger partial charge in [0.05, 0.1) is 0 Å². The number of imide groups is 1. The van der Waals surface area contributed by atoms with Crippen molar-refractivity contribution in [3.05, 3.63) is 12.2 Å². The average Bonchev–Trinajstić information content (AvgIpc) is 2.68. The lowest BCUT2D eigenvalue weighted by molar-refractivity contribution is -0.137. The Morgan fingerprint density at radius 2 is 1.72 bits per heavy atom. The van der Waals surface area contributed by atoms with Gasteiger partial charge < -0.3 is 0 Å². The van der Waals surface area contributed by atoms with E-state index >= 15 is 0 Å². The first-order chi connectivity index (χ1) is 8.66. The van der Waals surface area contributed by atoms with Crippen molar-refractivity contribution in [3.8, 4) is 0 Å². The maximum absolute atomic E-state index is 11.7. The lowest BCUT2D eigenvalue weighted by Gasteiger charge is -2.27. The smallest absolute Gasteiger partial charge is 0.253 e. The zero-order chi connectivity index (χ0) is 13.0. The largest absolute Gasteiger partial charge is 0.289 e. The molecule has 2 aliphatic rings. The summed E-state index contributed by atoms with van der Waals surface area (Å²) in [4.78, 5) is 35.3. The Kier molecular flexibility index (Phi) is 4.09. The van der Waals surface area contributed by atoms with Crippen molar-refractivity contribution >= 4 is 17.7 Å². The molecule has 1 N–H and O–H groups in total. The van der Waals surface area contributed by atoms with Gasteiger partial charge in [-0.15, -0.1) is 0 Å². The summed E-state index contributed by atoms with van der Waals surface area (Å²) in [5.74, 6) is -0.832. The minimum Gasteiger partial charge on any atom is -0.289 e. The first-order valence-electron chi connectivity index (χ1n) is 6.25. The number of hydrogen-bond donors (Lipinski definition) is 1. The van der Waals surface area contributed by atoms with Crippen LogP contribution in [0.5, 0.6) is 0 Å². The third-order valence-electron chi connectivity index (χ3n) is 3.10. The second kappa shape index (κ2) is 5.77. The van der Waals surface area contributed by atoms with Crippen LogP contribution in [0, 0.1) is 0 Å². The van der Waals surface area contributed by atoms with Gasteiger partial charge in [0.1, 0.15) is 0 Å². The lowest BCUT2D eigenvalue weighted by atomic mass is 10.2. The summed E-state index contributed by atoms with van der Waals surface area (Å²) in [6.45, 7) is 1.88. The van der Waals surface area contributed by atoms with Crippen molar-refractivity contribution in [2.24, 2.45) is 0 Å². The van der Waals surface area contributed by atoms with E-state index in [1.807, 2.05) is 5.01 Å². The van der Waals surface area contributed by atoms with Crippen molar-refractivity contribution in [3.63, 3.8) is 0 Å². The van der Waals surface area contributed by atoms with Gasteiger partial charge in [0, 0.05) is 38.2 Å². The van der Waals surface area contributed by atoms with Crippen LogP contribution in [0.2, 0.25) is 0 Å². The zero-order valence-electron chi connectivity index (χ0n) is 10.2. The molecule has 0 aromatic heterocycles. The zero-order valence-corrected chi connectivity index (χ0v) is 10.2. The van der Waals surface area contributed by atoms with E-state index in [-0.39, 0.29) is 30.7 Å². The summed E-state index contributed by atoms with van der Waals surface area (Å²) in [6.07, 6.45) is 5.99. The van der Waals surface area contributed by atoms with Crippen LogP contribution in [0.3, 0.4) is 0 Å². The highest BCUT2D eigenvalue weighted by Crippen LogP contribution is 2.07. The molecular formula is C12H17N3O3. The number of hydrogen-bond acceptors (Lipinski definition) is 4. The second-order valence-corrected chi connectivity index (χ2v) is 4.49. The van der Waals surface area contributed by atoms with Crippen LogP contribution in [-0.2, 0) is 14.4 Å². The molecule has 0 unspecified atom stereocenters. The third-order valence-corrected chi connectivity index (χ3v) is 3.10. The van der Waals surface area contributed by atoms with E-state index in [1.54, 1.807) is 0 Å². The van der Waals surface area contributed by atoms with E-state index < -0.39 is 0 Å². The van der Waals surface area contributed by atoms with Crippen molar-refractivity contribution in [1.29, 1.82) is 0 Å². The average molecular weight is 251 g/mol. The Labute approximate surface area is 106 Å². The molecule has 0 atom stereocenters. The van der Waals surface area contributed by atoms with Crippen LogP contribution in [0.1, 0.15) is 25.7 Å². The Morgan fingerprint density at radius 3 is 2.33 bits per heavy atom. The quantitative estimate of drug-likeness (QED) is 0.704. The molecule has 2 rings (SSSR count). The SMILES string of the molecule is O=C(CCN1C(=O)C=CC1=O)NN1CCCCC1.